The van der Waals surface area contributed by atoms with Crippen molar-refractivity contribution in [2.24, 2.45) is 0 Å². The molecule has 0 bridgehead atoms. The number of hydrogen-bond acceptors (Lipinski definition) is 2. The van der Waals surface area contributed by atoms with Gasteiger partial charge in [0.15, 0.2) is 0 Å². The van der Waals surface area contributed by atoms with E-state index in [-0.39, 0.29) is 0 Å². The van der Waals surface area contributed by atoms with Crippen LogP contribution in [0.3, 0.4) is 0 Å². The summed E-state index contributed by atoms with van der Waals surface area (Å²) in [4.78, 5) is 4.20. The highest BCUT2D eigenvalue weighted by Crippen LogP contribution is 2.28. The fourth-order valence-corrected chi connectivity index (χ4v) is 2.10. The first-order chi connectivity index (χ1) is 7.24. The summed E-state index contributed by atoms with van der Waals surface area (Å²) in [6.45, 7) is 0. The Bertz CT molecular complexity index is 489. The van der Waals surface area contributed by atoms with Crippen molar-refractivity contribution in [2.45, 2.75) is 6.10 Å². The van der Waals surface area contributed by atoms with E-state index in [0.717, 1.165) is 16.5 Å². The lowest BCUT2D eigenvalue weighted by Gasteiger charge is -2.11. The molecule has 2 aromatic rings. The highest BCUT2D eigenvalue weighted by atomic mass is 79.9. The zero-order chi connectivity index (χ0) is 10.8. The topological polar surface area (TPSA) is 33.1 Å². The Morgan fingerprint density at radius 3 is 2.93 bits per heavy atom. The van der Waals surface area contributed by atoms with E-state index in [1.807, 2.05) is 18.2 Å². The van der Waals surface area contributed by atoms with E-state index in [1.54, 1.807) is 12.3 Å². The monoisotopic (exact) mass is 285 g/mol. The molecule has 15 heavy (non-hydrogen) atoms. The zero-order valence-corrected chi connectivity index (χ0v) is 10.2. The molecule has 1 atom stereocenters. The van der Waals surface area contributed by atoms with Crippen molar-refractivity contribution >= 4 is 38.4 Å². The number of rotatable bonds is 2. The van der Waals surface area contributed by atoms with Crippen LogP contribution in [0.15, 0.2) is 30.5 Å². The number of aromatic nitrogens is 1. The molecule has 0 fully saturated rings. The van der Waals surface area contributed by atoms with Gasteiger partial charge in [0, 0.05) is 16.9 Å². The van der Waals surface area contributed by atoms with Gasteiger partial charge in [-0.25, -0.2) is 0 Å². The van der Waals surface area contributed by atoms with E-state index in [1.165, 1.54) is 0 Å². The second-order valence-corrected chi connectivity index (χ2v) is 4.26. The molecule has 2 nitrogen and oxygen atoms in total. The summed E-state index contributed by atoms with van der Waals surface area (Å²) in [5.74, 6) is 0. The molecule has 0 aliphatic carbocycles. The van der Waals surface area contributed by atoms with Crippen LogP contribution in [0.25, 0.3) is 10.9 Å². The Labute approximate surface area is 101 Å². The molecule has 1 aromatic carbocycles. The number of pyridine rings is 1. The minimum atomic E-state index is -0.533. The molecular formula is C11H9BrClNO. The van der Waals surface area contributed by atoms with Crippen molar-refractivity contribution in [3.05, 3.63) is 41.0 Å². The first-order valence-corrected chi connectivity index (χ1v) is 6.01. The number of nitrogens with zero attached hydrogens (tertiary/aromatic N) is 1. The summed E-state index contributed by atoms with van der Waals surface area (Å²) in [6.07, 6.45) is 1.16. The lowest BCUT2D eigenvalue weighted by atomic mass is 10.0. The normalized spacial score (nSPS) is 13.0. The molecule has 0 radical (unpaired) electrons. The SMILES string of the molecule is OC(CBr)c1ccc(Cl)c2ncccc12. The molecule has 1 aromatic heterocycles. The number of benzene rings is 1. The molecule has 0 aliphatic heterocycles. The second-order valence-electron chi connectivity index (χ2n) is 3.21. The third-order valence-corrected chi connectivity index (χ3v) is 3.18. The maximum atomic E-state index is 9.80. The predicted octanol–water partition coefficient (Wildman–Crippen LogP) is 3.32. The smallest absolute Gasteiger partial charge is 0.0893 e. The largest absolute Gasteiger partial charge is 0.388 e. The Morgan fingerprint density at radius 2 is 2.20 bits per heavy atom. The quantitative estimate of drug-likeness (QED) is 0.859. The van der Waals surface area contributed by atoms with Gasteiger partial charge in [-0.15, -0.1) is 0 Å². The van der Waals surface area contributed by atoms with Gasteiger partial charge in [0.1, 0.15) is 0 Å². The number of halogens is 2. The van der Waals surface area contributed by atoms with Crippen LogP contribution in [0.1, 0.15) is 11.7 Å². The number of fused-ring (bicyclic) bond motifs is 1. The summed E-state index contributed by atoms with van der Waals surface area (Å²) in [5, 5.41) is 11.8. The van der Waals surface area contributed by atoms with Gasteiger partial charge in [0.05, 0.1) is 16.6 Å². The van der Waals surface area contributed by atoms with E-state index >= 15 is 0 Å². The Balaban J connectivity index is 2.71. The lowest BCUT2D eigenvalue weighted by molar-refractivity contribution is 0.207. The standard InChI is InChI=1S/C11H9BrClNO/c12-6-10(15)7-3-4-9(13)11-8(7)2-1-5-14-11/h1-5,10,15H,6H2. The zero-order valence-electron chi connectivity index (χ0n) is 7.82. The van der Waals surface area contributed by atoms with Crippen molar-refractivity contribution in [3.63, 3.8) is 0 Å². The van der Waals surface area contributed by atoms with E-state index in [2.05, 4.69) is 20.9 Å². The fraction of sp³-hybridized carbons (Fsp3) is 0.182. The molecule has 0 saturated heterocycles. The van der Waals surface area contributed by atoms with Crippen molar-refractivity contribution < 1.29 is 5.11 Å². The number of alkyl halides is 1. The van der Waals surface area contributed by atoms with Crippen molar-refractivity contribution in [1.82, 2.24) is 4.98 Å². The van der Waals surface area contributed by atoms with Gasteiger partial charge in [-0.2, -0.15) is 0 Å². The van der Waals surface area contributed by atoms with E-state index in [4.69, 9.17) is 11.6 Å². The molecule has 1 unspecified atom stereocenters. The van der Waals surface area contributed by atoms with Crippen molar-refractivity contribution in [3.8, 4) is 0 Å². The molecule has 1 heterocycles. The van der Waals surface area contributed by atoms with E-state index in [0.29, 0.717) is 10.4 Å². The van der Waals surface area contributed by atoms with Gasteiger partial charge in [-0.3, -0.25) is 4.98 Å². The highest BCUT2D eigenvalue weighted by molar-refractivity contribution is 9.09. The molecule has 0 amide bonds. The number of hydrogen-bond donors (Lipinski definition) is 1. The number of aliphatic hydroxyl groups is 1. The third kappa shape index (κ3) is 2.00. The average Bonchev–Trinajstić information content (AvgIpc) is 2.29. The second kappa shape index (κ2) is 4.47. The van der Waals surface area contributed by atoms with Crippen LogP contribution in [-0.2, 0) is 0 Å². The first kappa shape index (κ1) is 10.9. The maximum absolute atomic E-state index is 9.80. The van der Waals surface area contributed by atoms with E-state index < -0.39 is 6.10 Å². The Hall–Kier alpha value is -0.640. The predicted molar refractivity (Wildman–Crippen MR) is 65.5 cm³/mol. The van der Waals surface area contributed by atoms with Crippen LogP contribution in [0, 0.1) is 0 Å². The average molecular weight is 287 g/mol. The summed E-state index contributed by atoms with van der Waals surface area (Å²) in [5.41, 5.74) is 1.58. The molecule has 78 valence electrons. The summed E-state index contributed by atoms with van der Waals surface area (Å²) in [7, 11) is 0. The van der Waals surface area contributed by atoms with Crippen LogP contribution in [0.5, 0.6) is 0 Å². The minimum Gasteiger partial charge on any atom is -0.388 e. The first-order valence-electron chi connectivity index (χ1n) is 4.51. The van der Waals surface area contributed by atoms with Gasteiger partial charge in [0.2, 0.25) is 0 Å². The van der Waals surface area contributed by atoms with Crippen molar-refractivity contribution in [1.29, 1.82) is 0 Å². The third-order valence-electron chi connectivity index (χ3n) is 2.26. The molecule has 0 aliphatic rings. The lowest BCUT2D eigenvalue weighted by Crippen LogP contribution is -1.99. The molecular weight excluding hydrogens is 277 g/mol. The minimum absolute atomic E-state index is 0.499. The molecule has 2 rings (SSSR count). The van der Waals surface area contributed by atoms with Crippen LogP contribution >= 0.6 is 27.5 Å². The van der Waals surface area contributed by atoms with E-state index in [9.17, 15) is 5.11 Å². The Kier molecular flexibility index (Phi) is 3.24. The Morgan fingerprint density at radius 1 is 1.40 bits per heavy atom. The van der Waals surface area contributed by atoms with Crippen molar-refractivity contribution in [2.75, 3.05) is 5.33 Å². The molecule has 0 spiro atoms. The molecule has 4 heteroatoms. The summed E-state index contributed by atoms with van der Waals surface area (Å²) in [6, 6.07) is 7.34. The van der Waals surface area contributed by atoms with Gasteiger partial charge in [-0.1, -0.05) is 39.7 Å². The number of aliphatic hydroxyl groups excluding tert-OH is 1. The van der Waals surface area contributed by atoms with Crippen LogP contribution in [0.2, 0.25) is 5.02 Å². The fourth-order valence-electron chi connectivity index (χ4n) is 1.53. The van der Waals surface area contributed by atoms with Gasteiger partial charge in [-0.05, 0) is 17.7 Å². The summed E-state index contributed by atoms with van der Waals surface area (Å²) >= 11 is 9.27. The van der Waals surface area contributed by atoms with Gasteiger partial charge >= 0.3 is 0 Å². The molecule has 1 N–H and O–H groups in total. The maximum Gasteiger partial charge on any atom is 0.0893 e. The van der Waals surface area contributed by atoms with Gasteiger partial charge < -0.3 is 5.11 Å². The van der Waals surface area contributed by atoms with Gasteiger partial charge in [0.25, 0.3) is 0 Å². The molecule has 0 saturated carbocycles. The van der Waals surface area contributed by atoms with Crippen LogP contribution < -0.4 is 0 Å². The highest BCUT2D eigenvalue weighted by Gasteiger charge is 2.11. The van der Waals surface area contributed by atoms with Crippen LogP contribution in [0.4, 0.5) is 0 Å². The van der Waals surface area contributed by atoms with Crippen LogP contribution in [-0.4, -0.2) is 15.4 Å². The summed E-state index contributed by atoms with van der Waals surface area (Å²) < 4.78 is 0.